The zero-order chi connectivity index (χ0) is 24.7. The van der Waals surface area contributed by atoms with Crippen molar-refractivity contribution in [1.29, 1.82) is 0 Å². The lowest BCUT2D eigenvalue weighted by atomic mass is 10.1. The first-order valence-electron chi connectivity index (χ1n) is 10.6. The molecule has 0 saturated carbocycles. The summed E-state index contributed by atoms with van der Waals surface area (Å²) in [5.41, 5.74) is 1.74. The van der Waals surface area contributed by atoms with E-state index < -0.39 is 17.8 Å². The van der Waals surface area contributed by atoms with Gasteiger partial charge in [-0.05, 0) is 37.3 Å². The molecule has 5 aromatic rings. The van der Waals surface area contributed by atoms with Crippen LogP contribution >= 0.6 is 0 Å². The Morgan fingerprint density at radius 3 is 2.51 bits per heavy atom. The quantitative estimate of drug-likeness (QED) is 0.364. The number of alkyl halides is 3. The Morgan fingerprint density at radius 2 is 1.80 bits per heavy atom. The van der Waals surface area contributed by atoms with Crippen molar-refractivity contribution in [1.82, 2.24) is 24.3 Å². The molecule has 0 unspecified atom stereocenters. The first-order chi connectivity index (χ1) is 16.7. The molecule has 5 rings (SSSR count). The van der Waals surface area contributed by atoms with Gasteiger partial charge < -0.3 is 9.47 Å². The van der Waals surface area contributed by atoms with Gasteiger partial charge in [-0.2, -0.15) is 5.10 Å². The minimum Gasteiger partial charge on any atom is -0.478 e. The van der Waals surface area contributed by atoms with Gasteiger partial charge in [0.2, 0.25) is 11.8 Å². The first-order valence-corrected chi connectivity index (χ1v) is 10.6. The topological polar surface area (TPSA) is 84.1 Å². The number of halogens is 3. The molecule has 8 nitrogen and oxygen atoms in total. The second kappa shape index (κ2) is 8.42. The van der Waals surface area contributed by atoms with Crippen LogP contribution in [-0.4, -0.2) is 37.3 Å². The SMILES string of the molecule is CCOc1ccc2cn(-c3ccc4nn(C)cc4c3)c(=O)c(-c3ccc(OC(F)(F)F)nc3)c2n1. The highest BCUT2D eigenvalue weighted by Crippen LogP contribution is 2.29. The van der Waals surface area contributed by atoms with Crippen LogP contribution in [0.25, 0.3) is 38.6 Å². The normalized spacial score (nSPS) is 11.8. The minimum atomic E-state index is -4.88. The number of aryl methyl sites for hydroxylation is 1. The lowest BCUT2D eigenvalue weighted by Gasteiger charge is -2.13. The molecular weight excluding hydrogens is 463 g/mol. The molecule has 0 spiro atoms. The van der Waals surface area contributed by atoms with Gasteiger partial charge in [-0.1, -0.05) is 0 Å². The predicted molar refractivity (Wildman–Crippen MR) is 123 cm³/mol. The van der Waals surface area contributed by atoms with Crippen molar-refractivity contribution in [3.63, 3.8) is 0 Å². The molecule has 0 fully saturated rings. The molecule has 0 N–H and O–H groups in total. The van der Waals surface area contributed by atoms with E-state index in [1.807, 2.05) is 25.3 Å². The average molecular weight is 481 g/mol. The number of rotatable bonds is 5. The number of fused-ring (bicyclic) bond motifs is 2. The highest BCUT2D eigenvalue weighted by Gasteiger charge is 2.31. The lowest BCUT2D eigenvalue weighted by molar-refractivity contribution is -0.276. The molecule has 4 aromatic heterocycles. The summed E-state index contributed by atoms with van der Waals surface area (Å²) in [5, 5.41) is 5.83. The van der Waals surface area contributed by atoms with E-state index in [1.54, 1.807) is 36.1 Å². The maximum atomic E-state index is 13.7. The van der Waals surface area contributed by atoms with Crippen LogP contribution in [0.2, 0.25) is 0 Å². The molecule has 0 bridgehead atoms. The zero-order valence-corrected chi connectivity index (χ0v) is 18.6. The summed E-state index contributed by atoms with van der Waals surface area (Å²) in [6, 6.07) is 11.3. The van der Waals surface area contributed by atoms with Crippen molar-refractivity contribution < 1.29 is 22.6 Å². The highest BCUT2D eigenvalue weighted by molar-refractivity contribution is 5.93. The molecular formula is C24H18F3N5O3. The smallest absolute Gasteiger partial charge is 0.478 e. The van der Waals surface area contributed by atoms with Gasteiger partial charge in [0.1, 0.15) is 0 Å². The molecule has 0 aliphatic heterocycles. The molecule has 0 aliphatic rings. The second-order valence-electron chi connectivity index (χ2n) is 7.68. The number of aromatic nitrogens is 5. The molecule has 0 aliphatic carbocycles. The Bertz CT molecular complexity index is 1610. The molecule has 35 heavy (non-hydrogen) atoms. The van der Waals surface area contributed by atoms with E-state index in [-0.39, 0.29) is 11.1 Å². The van der Waals surface area contributed by atoms with Crippen molar-refractivity contribution >= 4 is 21.8 Å². The zero-order valence-electron chi connectivity index (χ0n) is 18.6. The summed E-state index contributed by atoms with van der Waals surface area (Å²) in [6.45, 7) is 2.18. The third-order valence-electron chi connectivity index (χ3n) is 5.26. The first kappa shape index (κ1) is 22.4. The van der Waals surface area contributed by atoms with Gasteiger partial charge in [0.25, 0.3) is 5.56 Å². The van der Waals surface area contributed by atoms with E-state index in [0.29, 0.717) is 29.1 Å². The van der Waals surface area contributed by atoms with Gasteiger partial charge in [0.15, 0.2) is 0 Å². The molecule has 0 amide bonds. The maximum absolute atomic E-state index is 13.7. The number of hydrogen-bond donors (Lipinski definition) is 0. The lowest BCUT2D eigenvalue weighted by Crippen LogP contribution is -2.21. The van der Waals surface area contributed by atoms with Gasteiger partial charge >= 0.3 is 6.36 Å². The Hall–Kier alpha value is -4.41. The van der Waals surface area contributed by atoms with E-state index >= 15 is 0 Å². The molecule has 178 valence electrons. The van der Waals surface area contributed by atoms with Crippen LogP contribution in [0.1, 0.15) is 6.92 Å². The minimum absolute atomic E-state index is 0.168. The van der Waals surface area contributed by atoms with Crippen LogP contribution in [0.4, 0.5) is 13.2 Å². The summed E-state index contributed by atoms with van der Waals surface area (Å²) in [5.74, 6) is -0.313. The number of nitrogens with zero attached hydrogens (tertiary/aromatic N) is 5. The average Bonchev–Trinajstić information content (AvgIpc) is 3.18. The highest BCUT2D eigenvalue weighted by atomic mass is 19.4. The number of benzene rings is 1. The molecule has 0 saturated heterocycles. The van der Waals surface area contributed by atoms with E-state index in [1.165, 1.54) is 10.6 Å². The van der Waals surface area contributed by atoms with Gasteiger partial charge in [0, 0.05) is 59.8 Å². The van der Waals surface area contributed by atoms with Crippen molar-refractivity contribution in [2.24, 2.45) is 7.05 Å². The number of pyridine rings is 3. The molecule has 11 heteroatoms. The number of ether oxygens (including phenoxy) is 2. The van der Waals surface area contributed by atoms with E-state index in [4.69, 9.17) is 4.74 Å². The fourth-order valence-electron chi connectivity index (χ4n) is 3.85. The second-order valence-corrected chi connectivity index (χ2v) is 7.68. The fourth-order valence-corrected chi connectivity index (χ4v) is 3.85. The third kappa shape index (κ3) is 4.39. The van der Waals surface area contributed by atoms with Crippen LogP contribution in [0.5, 0.6) is 11.8 Å². The summed E-state index contributed by atoms with van der Waals surface area (Å²) in [6.07, 6.45) is -0.221. The summed E-state index contributed by atoms with van der Waals surface area (Å²) in [7, 11) is 1.81. The third-order valence-corrected chi connectivity index (χ3v) is 5.26. The van der Waals surface area contributed by atoms with E-state index in [9.17, 15) is 18.0 Å². The summed E-state index contributed by atoms with van der Waals surface area (Å²) in [4.78, 5) is 21.9. The van der Waals surface area contributed by atoms with Crippen molar-refractivity contribution in [2.75, 3.05) is 6.61 Å². The van der Waals surface area contributed by atoms with E-state index in [2.05, 4.69) is 19.8 Å². The van der Waals surface area contributed by atoms with Gasteiger partial charge in [-0.25, -0.2) is 9.97 Å². The van der Waals surface area contributed by atoms with Gasteiger partial charge in [-0.3, -0.25) is 14.0 Å². The van der Waals surface area contributed by atoms with Crippen LogP contribution in [0.3, 0.4) is 0 Å². The predicted octanol–water partition coefficient (Wildman–Crippen LogP) is 4.63. The maximum Gasteiger partial charge on any atom is 0.574 e. The summed E-state index contributed by atoms with van der Waals surface area (Å²) < 4.78 is 50.2. The van der Waals surface area contributed by atoms with Crippen molar-refractivity contribution in [2.45, 2.75) is 13.3 Å². The Balaban J connectivity index is 1.72. The van der Waals surface area contributed by atoms with Crippen LogP contribution in [0, 0.1) is 0 Å². The standard InChI is InChI=1S/C24H18F3N5O3/c1-3-34-20-9-5-15-13-32(17-6-7-18-16(10-17)12-31(2)30-18)23(33)21(22(15)29-20)14-4-8-19(28-11-14)35-24(25,26)27/h4-13H,3H2,1-2H3. The van der Waals surface area contributed by atoms with Crippen LogP contribution < -0.4 is 15.0 Å². The van der Waals surface area contributed by atoms with Crippen LogP contribution in [0.15, 0.2) is 65.8 Å². The van der Waals surface area contributed by atoms with Crippen LogP contribution in [-0.2, 0) is 7.05 Å². The summed E-state index contributed by atoms with van der Waals surface area (Å²) >= 11 is 0. The van der Waals surface area contributed by atoms with Gasteiger partial charge in [-0.15, -0.1) is 13.2 Å². The molecule has 1 aromatic carbocycles. The fraction of sp³-hybridized carbons (Fsp3) is 0.167. The Morgan fingerprint density at radius 1 is 1.00 bits per heavy atom. The largest absolute Gasteiger partial charge is 0.574 e. The molecule has 0 atom stereocenters. The Labute approximate surface area is 196 Å². The molecule has 0 radical (unpaired) electrons. The number of hydrogen-bond acceptors (Lipinski definition) is 6. The van der Waals surface area contributed by atoms with E-state index in [0.717, 1.165) is 23.2 Å². The molecule has 4 heterocycles. The van der Waals surface area contributed by atoms with Crippen molar-refractivity contribution in [3.05, 3.63) is 71.4 Å². The monoisotopic (exact) mass is 481 g/mol. The van der Waals surface area contributed by atoms with Crippen molar-refractivity contribution in [3.8, 4) is 28.6 Å². The Kier molecular flexibility index (Phi) is 5.39. The van der Waals surface area contributed by atoms with Gasteiger partial charge in [0.05, 0.1) is 23.2 Å².